The Morgan fingerprint density at radius 1 is 1.42 bits per heavy atom. The van der Waals surface area contributed by atoms with E-state index in [4.69, 9.17) is 10.9 Å². The number of nitrogens with one attached hydrogen (secondary N) is 1. The van der Waals surface area contributed by atoms with Gasteiger partial charge in [0.15, 0.2) is 5.84 Å². The molecule has 1 atom stereocenters. The largest absolute Gasteiger partial charge is 0.409 e. The van der Waals surface area contributed by atoms with Gasteiger partial charge in [-0.15, -0.1) is 0 Å². The van der Waals surface area contributed by atoms with Gasteiger partial charge in [-0.3, -0.25) is 4.79 Å². The number of amidine groups is 1. The summed E-state index contributed by atoms with van der Waals surface area (Å²) in [6.45, 7) is 1.96. The molecule has 1 aromatic rings. The van der Waals surface area contributed by atoms with Gasteiger partial charge in [-0.2, -0.15) is 0 Å². The molecule has 0 aliphatic rings. The van der Waals surface area contributed by atoms with E-state index in [9.17, 15) is 4.79 Å². The molecule has 1 rings (SSSR count). The van der Waals surface area contributed by atoms with Crippen molar-refractivity contribution in [3.8, 4) is 0 Å². The highest BCUT2D eigenvalue weighted by atomic mass is 79.9. The van der Waals surface area contributed by atoms with Gasteiger partial charge in [0.1, 0.15) is 0 Å². The molecular formula is C12H15Br2N3O2. The third kappa shape index (κ3) is 4.83. The van der Waals surface area contributed by atoms with Gasteiger partial charge in [0, 0.05) is 14.5 Å². The van der Waals surface area contributed by atoms with E-state index in [-0.39, 0.29) is 11.7 Å². The summed E-state index contributed by atoms with van der Waals surface area (Å²) in [6.07, 6.45) is 1.42. The number of carbonyl (C=O) groups excluding carboxylic acids is 1. The van der Waals surface area contributed by atoms with Crippen LogP contribution in [0.4, 0.5) is 0 Å². The molecule has 0 heterocycles. The Morgan fingerprint density at radius 2 is 2.00 bits per heavy atom. The predicted octanol–water partition coefficient (Wildman–Crippen LogP) is 2.86. The van der Waals surface area contributed by atoms with Crippen molar-refractivity contribution in [1.82, 2.24) is 5.32 Å². The van der Waals surface area contributed by atoms with E-state index < -0.39 is 6.04 Å². The van der Waals surface area contributed by atoms with Crippen molar-refractivity contribution in [3.05, 3.63) is 32.7 Å². The number of hydrogen-bond acceptors (Lipinski definition) is 3. The number of carbonyl (C=O) groups is 1. The van der Waals surface area contributed by atoms with Crippen LogP contribution in [0.15, 0.2) is 32.3 Å². The number of hydrogen-bond donors (Lipinski definition) is 3. The number of amides is 1. The molecule has 0 fully saturated rings. The lowest BCUT2D eigenvalue weighted by Gasteiger charge is -2.16. The third-order valence-corrected chi connectivity index (χ3v) is 3.40. The zero-order valence-electron chi connectivity index (χ0n) is 10.4. The minimum atomic E-state index is -0.472. The van der Waals surface area contributed by atoms with E-state index in [2.05, 4.69) is 42.3 Å². The molecule has 5 nitrogen and oxygen atoms in total. The van der Waals surface area contributed by atoms with E-state index in [1.165, 1.54) is 0 Å². The van der Waals surface area contributed by atoms with Gasteiger partial charge in [0.25, 0.3) is 5.91 Å². The first-order valence-electron chi connectivity index (χ1n) is 5.72. The molecule has 1 aromatic carbocycles. The molecular weight excluding hydrogens is 378 g/mol. The average molecular weight is 393 g/mol. The number of benzene rings is 1. The van der Waals surface area contributed by atoms with Gasteiger partial charge in [-0.25, -0.2) is 0 Å². The Bertz CT molecular complexity index is 472. The van der Waals surface area contributed by atoms with Crippen LogP contribution in [-0.4, -0.2) is 23.0 Å². The van der Waals surface area contributed by atoms with Crippen molar-refractivity contribution >= 4 is 43.6 Å². The summed E-state index contributed by atoms with van der Waals surface area (Å²) in [5.41, 5.74) is 6.05. The highest BCUT2D eigenvalue weighted by Crippen LogP contribution is 2.20. The molecule has 0 radical (unpaired) electrons. The van der Waals surface area contributed by atoms with Crippen LogP contribution in [-0.2, 0) is 0 Å². The van der Waals surface area contributed by atoms with Gasteiger partial charge >= 0.3 is 0 Å². The summed E-state index contributed by atoms with van der Waals surface area (Å²) in [4.78, 5) is 12.1. The second-order valence-electron chi connectivity index (χ2n) is 4.00. The predicted molar refractivity (Wildman–Crippen MR) is 81.4 cm³/mol. The van der Waals surface area contributed by atoms with E-state index in [0.717, 1.165) is 15.4 Å². The Labute approximate surface area is 128 Å². The van der Waals surface area contributed by atoms with Crippen molar-refractivity contribution in [2.75, 3.05) is 0 Å². The van der Waals surface area contributed by atoms with Gasteiger partial charge in [0.2, 0.25) is 0 Å². The minimum Gasteiger partial charge on any atom is -0.409 e. The van der Waals surface area contributed by atoms with Crippen molar-refractivity contribution in [1.29, 1.82) is 0 Å². The molecule has 0 saturated heterocycles. The maximum Gasteiger partial charge on any atom is 0.251 e. The normalized spacial score (nSPS) is 13.1. The topological polar surface area (TPSA) is 87.7 Å². The SMILES string of the molecule is CCCC(NC(=O)c1cc(Br)cc(Br)c1)/C(N)=N/O. The molecule has 0 aromatic heterocycles. The number of nitrogens with zero attached hydrogens (tertiary/aromatic N) is 1. The quantitative estimate of drug-likeness (QED) is 0.311. The van der Waals surface area contributed by atoms with Crippen LogP contribution in [0.2, 0.25) is 0 Å². The lowest BCUT2D eigenvalue weighted by Crippen LogP contribution is -2.44. The minimum absolute atomic E-state index is 0.00395. The molecule has 0 spiro atoms. The molecule has 4 N–H and O–H groups in total. The van der Waals surface area contributed by atoms with E-state index >= 15 is 0 Å². The molecule has 19 heavy (non-hydrogen) atoms. The summed E-state index contributed by atoms with van der Waals surface area (Å²) in [5.74, 6) is -0.267. The molecule has 1 unspecified atom stereocenters. The Hall–Kier alpha value is -1.08. The molecule has 7 heteroatoms. The number of nitrogens with two attached hydrogens (primary N) is 1. The standard InChI is InChI=1S/C12H15Br2N3O2/c1-2-3-10(11(15)17-19)16-12(18)7-4-8(13)6-9(14)5-7/h4-6,10,19H,2-3H2,1H3,(H2,15,17)(H,16,18). The van der Waals surface area contributed by atoms with Gasteiger partial charge < -0.3 is 16.3 Å². The van der Waals surface area contributed by atoms with Crippen LogP contribution in [0.3, 0.4) is 0 Å². The van der Waals surface area contributed by atoms with Crippen LogP contribution in [0.5, 0.6) is 0 Å². The highest BCUT2D eigenvalue weighted by molar-refractivity contribution is 9.11. The lowest BCUT2D eigenvalue weighted by atomic mass is 10.1. The van der Waals surface area contributed by atoms with Crippen LogP contribution in [0, 0.1) is 0 Å². The summed E-state index contributed by atoms with van der Waals surface area (Å²) >= 11 is 6.64. The number of oxime groups is 1. The average Bonchev–Trinajstić information content (AvgIpc) is 2.36. The highest BCUT2D eigenvalue weighted by Gasteiger charge is 2.17. The first kappa shape index (κ1) is 16.0. The fraction of sp³-hybridized carbons (Fsp3) is 0.333. The van der Waals surface area contributed by atoms with Gasteiger partial charge in [-0.05, 0) is 24.6 Å². The first-order chi connectivity index (χ1) is 8.97. The third-order valence-electron chi connectivity index (χ3n) is 2.48. The second-order valence-corrected chi connectivity index (χ2v) is 5.83. The summed E-state index contributed by atoms with van der Waals surface area (Å²) in [7, 11) is 0. The molecule has 1 amide bonds. The van der Waals surface area contributed by atoms with E-state index in [0.29, 0.717) is 12.0 Å². The van der Waals surface area contributed by atoms with Crippen LogP contribution >= 0.6 is 31.9 Å². The molecule has 104 valence electrons. The Kier molecular flexibility index (Phi) is 6.30. The van der Waals surface area contributed by atoms with Crippen molar-refractivity contribution in [2.24, 2.45) is 10.9 Å². The lowest BCUT2D eigenvalue weighted by molar-refractivity contribution is 0.0944. The van der Waals surface area contributed by atoms with Crippen LogP contribution in [0.25, 0.3) is 0 Å². The van der Waals surface area contributed by atoms with Gasteiger partial charge in [0.05, 0.1) is 6.04 Å². The second kappa shape index (κ2) is 7.49. The van der Waals surface area contributed by atoms with E-state index in [1.807, 2.05) is 13.0 Å². The van der Waals surface area contributed by atoms with Crippen LogP contribution in [0.1, 0.15) is 30.1 Å². The van der Waals surface area contributed by atoms with Crippen molar-refractivity contribution in [3.63, 3.8) is 0 Å². The maximum atomic E-state index is 12.1. The molecule has 0 saturated carbocycles. The summed E-state index contributed by atoms with van der Waals surface area (Å²) < 4.78 is 1.59. The summed E-state index contributed by atoms with van der Waals surface area (Å²) in [5, 5.41) is 14.4. The summed E-state index contributed by atoms with van der Waals surface area (Å²) in [6, 6.07) is 4.77. The fourth-order valence-corrected chi connectivity index (χ4v) is 2.87. The van der Waals surface area contributed by atoms with E-state index in [1.54, 1.807) is 12.1 Å². The molecule has 0 bridgehead atoms. The maximum absolute atomic E-state index is 12.1. The molecule has 0 aliphatic carbocycles. The van der Waals surface area contributed by atoms with Crippen molar-refractivity contribution < 1.29 is 10.0 Å². The fourth-order valence-electron chi connectivity index (χ4n) is 1.58. The van der Waals surface area contributed by atoms with Crippen LogP contribution < -0.4 is 11.1 Å². The van der Waals surface area contributed by atoms with Gasteiger partial charge in [-0.1, -0.05) is 50.4 Å². The number of halogens is 2. The smallest absolute Gasteiger partial charge is 0.251 e. The Balaban J connectivity index is 2.87. The first-order valence-corrected chi connectivity index (χ1v) is 7.31. The zero-order chi connectivity index (χ0) is 14.4. The number of rotatable bonds is 5. The zero-order valence-corrected chi connectivity index (χ0v) is 13.5. The Morgan fingerprint density at radius 3 is 2.47 bits per heavy atom. The molecule has 0 aliphatic heterocycles. The monoisotopic (exact) mass is 391 g/mol. The van der Waals surface area contributed by atoms with Crippen molar-refractivity contribution in [2.45, 2.75) is 25.8 Å².